The number of anilines is 1. The molecule has 0 aliphatic heterocycles. The molecule has 0 spiro atoms. The first-order chi connectivity index (χ1) is 7.79. The van der Waals surface area contributed by atoms with E-state index in [-0.39, 0.29) is 5.97 Å². The number of carbonyl (C=O) groups excluding carboxylic acids is 1. The number of esters is 1. The summed E-state index contributed by atoms with van der Waals surface area (Å²) >= 11 is 2.81. The van der Waals surface area contributed by atoms with Gasteiger partial charge in [-0.1, -0.05) is 11.3 Å². The Balaban J connectivity index is 1.95. The minimum Gasteiger partial charge on any atom is -0.465 e. The smallest absolute Gasteiger partial charge is 0.349 e. The van der Waals surface area contributed by atoms with Gasteiger partial charge in [0.15, 0.2) is 5.13 Å². The van der Waals surface area contributed by atoms with Crippen LogP contribution in [0.25, 0.3) is 0 Å². The second-order valence-electron chi connectivity index (χ2n) is 2.85. The molecular formula is C9H9N3O2S2. The topological polar surface area (TPSA) is 64.1 Å². The van der Waals surface area contributed by atoms with Gasteiger partial charge in [-0.05, 0) is 0 Å². The number of carbonyl (C=O) groups is 1. The highest BCUT2D eigenvalue weighted by Crippen LogP contribution is 2.19. The quantitative estimate of drug-likeness (QED) is 0.846. The van der Waals surface area contributed by atoms with Crippen LogP contribution >= 0.6 is 22.7 Å². The second kappa shape index (κ2) is 5.04. The highest BCUT2D eigenvalue weighted by molar-refractivity contribution is 7.17. The van der Waals surface area contributed by atoms with Gasteiger partial charge < -0.3 is 10.1 Å². The Bertz CT molecular complexity index is 467. The molecule has 0 bridgehead atoms. The molecule has 2 heterocycles. The van der Waals surface area contributed by atoms with Crippen molar-refractivity contribution >= 4 is 33.8 Å². The summed E-state index contributed by atoms with van der Waals surface area (Å²) in [5.41, 5.74) is 2.73. The van der Waals surface area contributed by atoms with Crippen LogP contribution < -0.4 is 5.32 Å². The van der Waals surface area contributed by atoms with Crippen LogP contribution in [-0.2, 0) is 11.3 Å². The third-order valence-electron chi connectivity index (χ3n) is 1.80. The van der Waals surface area contributed by atoms with E-state index in [9.17, 15) is 4.79 Å². The van der Waals surface area contributed by atoms with Crippen molar-refractivity contribution in [2.45, 2.75) is 6.54 Å². The monoisotopic (exact) mass is 255 g/mol. The van der Waals surface area contributed by atoms with Gasteiger partial charge in [0.2, 0.25) is 0 Å². The first-order valence-electron chi connectivity index (χ1n) is 4.44. The van der Waals surface area contributed by atoms with Crippen molar-refractivity contribution in [1.29, 1.82) is 0 Å². The molecule has 16 heavy (non-hydrogen) atoms. The van der Waals surface area contributed by atoms with Crippen molar-refractivity contribution in [2.75, 3.05) is 12.4 Å². The lowest BCUT2D eigenvalue weighted by Gasteiger charge is -1.97. The summed E-state index contributed by atoms with van der Waals surface area (Å²) in [6, 6.07) is 0. The Labute approximate surface area is 100 Å². The predicted octanol–water partition coefficient (Wildman–Crippen LogP) is 2.00. The lowest BCUT2D eigenvalue weighted by atomic mass is 10.5. The van der Waals surface area contributed by atoms with Crippen molar-refractivity contribution in [3.63, 3.8) is 0 Å². The Kier molecular flexibility index (Phi) is 3.47. The van der Waals surface area contributed by atoms with Crippen LogP contribution in [0.3, 0.4) is 0 Å². The van der Waals surface area contributed by atoms with E-state index in [1.807, 2.05) is 5.38 Å². The third-order valence-corrected chi connectivity index (χ3v) is 3.37. The Hall–Kier alpha value is -1.47. The number of nitrogens with zero attached hydrogens (tertiary/aromatic N) is 2. The minimum absolute atomic E-state index is 0.362. The van der Waals surface area contributed by atoms with E-state index < -0.39 is 0 Å². The molecule has 0 atom stereocenters. The number of nitrogens with one attached hydrogen (secondary N) is 1. The molecule has 0 aliphatic rings. The van der Waals surface area contributed by atoms with Gasteiger partial charge in [-0.2, -0.15) is 0 Å². The van der Waals surface area contributed by atoms with Crippen molar-refractivity contribution in [3.05, 3.63) is 27.7 Å². The lowest BCUT2D eigenvalue weighted by Crippen LogP contribution is -1.98. The molecule has 5 nitrogen and oxygen atoms in total. The molecule has 2 aromatic heterocycles. The zero-order valence-electron chi connectivity index (χ0n) is 8.47. The van der Waals surface area contributed by atoms with Crippen LogP contribution in [0, 0.1) is 0 Å². The molecule has 0 saturated heterocycles. The fourth-order valence-electron chi connectivity index (χ4n) is 1.04. The van der Waals surface area contributed by atoms with Crippen LogP contribution in [-0.4, -0.2) is 23.0 Å². The standard InChI is InChI=1S/C9H9N3O2S2/c1-14-8(13)7-3-11-9(16-7)10-2-6-4-15-5-12-6/h3-5H,2H2,1H3,(H,10,11). The fourth-order valence-corrected chi connectivity index (χ4v) is 2.33. The SMILES string of the molecule is COC(=O)c1cnc(NCc2cscn2)s1. The lowest BCUT2D eigenvalue weighted by molar-refractivity contribution is 0.0606. The summed E-state index contributed by atoms with van der Waals surface area (Å²) in [4.78, 5) is 19.9. The zero-order chi connectivity index (χ0) is 11.4. The summed E-state index contributed by atoms with van der Waals surface area (Å²) in [6.45, 7) is 0.609. The summed E-state index contributed by atoms with van der Waals surface area (Å²) in [5.74, 6) is -0.362. The van der Waals surface area contributed by atoms with Crippen LogP contribution in [0.5, 0.6) is 0 Å². The normalized spacial score (nSPS) is 10.1. The van der Waals surface area contributed by atoms with Gasteiger partial charge in [0.25, 0.3) is 0 Å². The minimum atomic E-state index is -0.362. The van der Waals surface area contributed by atoms with E-state index in [0.29, 0.717) is 16.6 Å². The van der Waals surface area contributed by atoms with Gasteiger partial charge in [-0.3, -0.25) is 0 Å². The second-order valence-corrected chi connectivity index (χ2v) is 4.60. The average Bonchev–Trinajstić information content (AvgIpc) is 2.96. The fraction of sp³-hybridized carbons (Fsp3) is 0.222. The van der Waals surface area contributed by atoms with Crippen molar-refractivity contribution in [3.8, 4) is 0 Å². The molecular weight excluding hydrogens is 246 g/mol. The summed E-state index contributed by atoms with van der Waals surface area (Å²) in [6.07, 6.45) is 1.50. The molecule has 7 heteroatoms. The van der Waals surface area contributed by atoms with E-state index in [2.05, 4.69) is 20.0 Å². The summed E-state index contributed by atoms with van der Waals surface area (Å²) in [7, 11) is 1.35. The number of methoxy groups -OCH3 is 1. The van der Waals surface area contributed by atoms with Crippen LogP contribution in [0.4, 0.5) is 5.13 Å². The molecule has 2 rings (SSSR count). The third kappa shape index (κ3) is 2.56. The van der Waals surface area contributed by atoms with Gasteiger partial charge in [-0.15, -0.1) is 11.3 Å². The number of ether oxygens (including phenoxy) is 1. The van der Waals surface area contributed by atoms with Gasteiger partial charge in [0.05, 0.1) is 31.1 Å². The van der Waals surface area contributed by atoms with Crippen LogP contribution in [0.2, 0.25) is 0 Å². The molecule has 2 aromatic rings. The van der Waals surface area contributed by atoms with Crippen molar-refractivity contribution in [1.82, 2.24) is 9.97 Å². The maximum atomic E-state index is 11.2. The van der Waals surface area contributed by atoms with Crippen LogP contribution in [0.1, 0.15) is 15.4 Å². The Morgan fingerprint density at radius 3 is 3.12 bits per heavy atom. The van der Waals surface area contributed by atoms with Gasteiger partial charge in [0, 0.05) is 5.38 Å². The number of rotatable bonds is 4. The highest BCUT2D eigenvalue weighted by atomic mass is 32.1. The first-order valence-corrected chi connectivity index (χ1v) is 6.20. The van der Waals surface area contributed by atoms with E-state index in [1.165, 1.54) is 24.6 Å². The molecule has 0 unspecified atom stereocenters. The van der Waals surface area contributed by atoms with Crippen molar-refractivity contribution < 1.29 is 9.53 Å². The zero-order valence-corrected chi connectivity index (χ0v) is 10.1. The largest absolute Gasteiger partial charge is 0.465 e. The predicted molar refractivity (Wildman–Crippen MR) is 62.9 cm³/mol. The van der Waals surface area contributed by atoms with Crippen molar-refractivity contribution in [2.24, 2.45) is 0 Å². The number of aromatic nitrogens is 2. The van der Waals surface area contributed by atoms with E-state index in [0.717, 1.165) is 5.69 Å². The van der Waals surface area contributed by atoms with Gasteiger partial charge >= 0.3 is 5.97 Å². The molecule has 0 saturated carbocycles. The average molecular weight is 255 g/mol. The molecule has 0 amide bonds. The van der Waals surface area contributed by atoms with Gasteiger partial charge in [-0.25, -0.2) is 14.8 Å². The number of hydrogen-bond donors (Lipinski definition) is 1. The summed E-state index contributed by atoms with van der Waals surface area (Å²) < 4.78 is 4.59. The Morgan fingerprint density at radius 1 is 1.56 bits per heavy atom. The molecule has 84 valence electrons. The summed E-state index contributed by atoms with van der Waals surface area (Å²) in [5, 5.41) is 5.74. The Morgan fingerprint density at radius 2 is 2.44 bits per heavy atom. The molecule has 0 radical (unpaired) electrons. The molecule has 0 fully saturated rings. The molecule has 0 aromatic carbocycles. The number of hydrogen-bond acceptors (Lipinski definition) is 7. The first kappa shape index (κ1) is 11.0. The van der Waals surface area contributed by atoms with Crippen LogP contribution in [0.15, 0.2) is 17.1 Å². The maximum Gasteiger partial charge on any atom is 0.349 e. The van der Waals surface area contributed by atoms with E-state index >= 15 is 0 Å². The molecule has 0 aliphatic carbocycles. The van der Waals surface area contributed by atoms with Gasteiger partial charge in [0.1, 0.15) is 4.88 Å². The maximum absolute atomic E-state index is 11.2. The van der Waals surface area contributed by atoms with E-state index in [4.69, 9.17) is 0 Å². The highest BCUT2D eigenvalue weighted by Gasteiger charge is 2.10. The number of thiazole rings is 2. The molecule has 1 N–H and O–H groups in total. The van der Waals surface area contributed by atoms with E-state index in [1.54, 1.807) is 16.8 Å².